The topological polar surface area (TPSA) is 71.1 Å². The molecule has 2 rings (SSSR count). The largest absolute Gasteiger partial charge is 0.348 e. The Bertz CT molecular complexity index is 790. The second kappa shape index (κ2) is 10.5. The molecule has 1 aromatic carbocycles. The molecule has 2 amide bonds. The van der Waals surface area contributed by atoms with Crippen LogP contribution < -0.4 is 10.6 Å². The predicted octanol–water partition coefficient (Wildman–Crippen LogP) is 4.12. The van der Waals surface area contributed by atoms with Gasteiger partial charge in [-0.3, -0.25) is 14.6 Å². The Hall–Kier alpha value is -1.76. The third kappa shape index (κ3) is 6.41. The summed E-state index contributed by atoms with van der Waals surface area (Å²) in [5, 5.41) is 6.39. The van der Waals surface area contributed by atoms with Crippen LogP contribution in [0.15, 0.2) is 42.7 Å². The molecule has 0 bridgehead atoms. The zero-order valence-corrected chi connectivity index (χ0v) is 17.4. The van der Waals surface area contributed by atoms with Gasteiger partial charge in [0.2, 0.25) is 5.91 Å². The normalized spacial score (nSPS) is 12.9. The lowest BCUT2D eigenvalue weighted by molar-refractivity contribution is -0.123. The SMILES string of the molecule is CSCCC(NC(=O)c1ccc(Cl)cc1Cl)C(=O)NC(C)c1cccnc1. The average Bonchev–Trinajstić information content (AvgIpc) is 2.65. The maximum Gasteiger partial charge on any atom is 0.253 e. The van der Waals surface area contributed by atoms with Gasteiger partial charge in [-0.1, -0.05) is 29.3 Å². The van der Waals surface area contributed by atoms with Gasteiger partial charge in [0.1, 0.15) is 6.04 Å². The van der Waals surface area contributed by atoms with Gasteiger partial charge in [-0.15, -0.1) is 0 Å². The van der Waals surface area contributed by atoms with Gasteiger partial charge in [0.15, 0.2) is 0 Å². The number of carbonyl (C=O) groups excluding carboxylic acids is 2. The minimum Gasteiger partial charge on any atom is -0.348 e. The van der Waals surface area contributed by atoms with Crippen molar-refractivity contribution >= 4 is 46.8 Å². The highest BCUT2D eigenvalue weighted by Gasteiger charge is 2.23. The molecule has 2 atom stereocenters. The number of aromatic nitrogens is 1. The third-order valence-electron chi connectivity index (χ3n) is 3.95. The number of amides is 2. The highest BCUT2D eigenvalue weighted by molar-refractivity contribution is 7.98. The van der Waals surface area contributed by atoms with Gasteiger partial charge in [0.05, 0.1) is 16.6 Å². The molecule has 0 radical (unpaired) electrons. The number of thioether (sulfide) groups is 1. The summed E-state index contributed by atoms with van der Waals surface area (Å²) in [5.74, 6) is 0.0688. The van der Waals surface area contributed by atoms with Gasteiger partial charge in [-0.05, 0) is 55.2 Å². The number of benzene rings is 1. The van der Waals surface area contributed by atoms with Gasteiger partial charge < -0.3 is 10.6 Å². The van der Waals surface area contributed by atoms with Crippen LogP contribution in [0.3, 0.4) is 0 Å². The number of carbonyl (C=O) groups is 2. The van der Waals surface area contributed by atoms with Crippen LogP contribution in [0.4, 0.5) is 0 Å². The van der Waals surface area contributed by atoms with Crippen molar-refractivity contribution in [1.82, 2.24) is 15.6 Å². The van der Waals surface area contributed by atoms with E-state index in [0.29, 0.717) is 11.4 Å². The lowest BCUT2D eigenvalue weighted by Gasteiger charge is -2.21. The van der Waals surface area contributed by atoms with Crippen LogP contribution in [-0.2, 0) is 4.79 Å². The van der Waals surface area contributed by atoms with E-state index in [0.717, 1.165) is 11.3 Å². The van der Waals surface area contributed by atoms with E-state index in [-0.39, 0.29) is 22.5 Å². The van der Waals surface area contributed by atoms with E-state index >= 15 is 0 Å². The number of rotatable bonds is 8. The molecule has 27 heavy (non-hydrogen) atoms. The van der Waals surface area contributed by atoms with Gasteiger partial charge in [-0.25, -0.2) is 0 Å². The first-order chi connectivity index (χ1) is 12.9. The average molecular weight is 426 g/mol. The first-order valence-electron chi connectivity index (χ1n) is 8.37. The summed E-state index contributed by atoms with van der Waals surface area (Å²) >= 11 is 13.6. The van der Waals surface area contributed by atoms with Crippen molar-refractivity contribution in [3.8, 4) is 0 Å². The molecule has 1 aromatic heterocycles. The summed E-state index contributed by atoms with van der Waals surface area (Å²) in [4.78, 5) is 29.4. The number of nitrogens with zero attached hydrogens (tertiary/aromatic N) is 1. The maximum absolute atomic E-state index is 12.7. The van der Waals surface area contributed by atoms with Crippen molar-refractivity contribution in [3.63, 3.8) is 0 Å². The standard InChI is InChI=1S/C19H21Cl2N3O2S/c1-12(13-4-3-8-22-11-13)23-19(26)17(7-9-27-2)24-18(25)15-6-5-14(20)10-16(15)21/h3-6,8,10-12,17H,7,9H2,1-2H3,(H,23,26)(H,24,25). The molecule has 8 heteroatoms. The molecule has 0 aliphatic rings. The number of hydrogen-bond donors (Lipinski definition) is 2. The van der Waals surface area contributed by atoms with E-state index in [9.17, 15) is 9.59 Å². The molecule has 144 valence electrons. The van der Waals surface area contributed by atoms with Gasteiger partial charge in [0.25, 0.3) is 5.91 Å². The fourth-order valence-electron chi connectivity index (χ4n) is 2.44. The van der Waals surface area contributed by atoms with Crippen LogP contribution in [0, 0.1) is 0 Å². The third-order valence-corrected chi connectivity index (χ3v) is 5.14. The van der Waals surface area contributed by atoms with E-state index in [2.05, 4.69) is 15.6 Å². The van der Waals surface area contributed by atoms with Gasteiger partial charge >= 0.3 is 0 Å². The summed E-state index contributed by atoms with van der Waals surface area (Å²) in [6, 6.07) is 7.44. The van der Waals surface area contributed by atoms with E-state index in [1.165, 1.54) is 6.07 Å². The Labute approximate surface area is 173 Å². The maximum atomic E-state index is 12.7. The Morgan fingerprint density at radius 1 is 1.22 bits per heavy atom. The van der Waals surface area contributed by atoms with E-state index < -0.39 is 11.9 Å². The molecule has 0 aliphatic carbocycles. The molecule has 0 saturated heterocycles. The molecular formula is C19H21Cl2N3O2S. The lowest BCUT2D eigenvalue weighted by atomic mass is 10.1. The first kappa shape index (κ1) is 21.5. The van der Waals surface area contributed by atoms with Crippen LogP contribution in [0.2, 0.25) is 10.0 Å². The van der Waals surface area contributed by atoms with Crippen LogP contribution in [-0.4, -0.2) is 34.8 Å². The van der Waals surface area contributed by atoms with Crippen molar-refractivity contribution in [3.05, 3.63) is 63.9 Å². The Kier molecular flexibility index (Phi) is 8.41. The molecule has 0 fully saturated rings. The molecule has 2 unspecified atom stereocenters. The first-order valence-corrected chi connectivity index (χ1v) is 10.5. The van der Waals surface area contributed by atoms with Crippen LogP contribution in [0.1, 0.15) is 35.3 Å². The second-order valence-electron chi connectivity index (χ2n) is 5.95. The fraction of sp³-hybridized carbons (Fsp3) is 0.316. The van der Waals surface area contributed by atoms with E-state index in [1.807, 2.05) is 25.3 Å². The fourth-order valence-corrected chi connectivity index (χ4v) is 3.41. The summed E-state index contributed by atoms with van der Waals surface area (Å²) in [6.45, 7) is 1.87. The zero-order valence-electron chi connectivity index (χ0n) is 15.0. The molecule has 1 heterocycles. The summed E-state index contributed by atoms with van der Waals surface area (Å²) in [7, 11) is 0. The predicted molar refractivity (Wildman–Crippen MR) is 112 cm³/mol. The molecule has 0 saturated carbocycles. The Balaban J connectivity index is 2.09. The highest BCUT2D eigenvalue weighted by atomic mass is 35.5. The number of nitrogens with one attached hydrogen (secondary N) is 2. The summed E-state index contributed by atoms with van der Waals surface area (Å²) in [6.07, 6.45) is 5.83. The summed E-state index contributed by atoms with van der Waals surface area (Å²) in [5.41, 5.74) is 1.17. The zero-order chi connectivity index (χ0) is 19.8. The van der Waals surface area contributed by atoms with Crippen molar-refractivity contribution in [2.45, 2.75) is 25.4 Å². The van der Waals surface area contributed by atoms with Gasteiger partial charge in [-0.2, -0.15) is 11.8 Å². The van der Waals surface area contributed by atoms with Crippen molar-refractivity contribution in [2.24, 2.45) is 0 Å². The van der Waals surface area contributed by atoms with Crippen molar-refractivity contribution in [2.75, 3.05) is 12.0 Å². The minimum atomic E-state index is -0.671. The highest BCUT2D eigenvalue weighted by Crippen LogP contribution is 2.21. The Morgan fingerprint density at radius 2 is 2.00 bits per heavy atom. The van der Waals surface area contributed by atoms with Crippen LogP contribution >= 0.6 is 35.0 Å². The second-order valence-corrected chi connectivity index (χ2v) is 7.78. The molecule has 2 N–H and O–H groups in total. The molecule has 5 nitrogen and oxygen atoms in total. The van der Waals surface area contributed by atoms with E-state index in [4.69, 9.17) is 23.2 Å². The summed E-state index contributed by atoms with van der Waals surface area (Å²) < 4.78 is 0. The number of halogens is 2. The van der Waals surface area contributed by atoms with Crippen LogP contribution in [0.25, 0.3) is 0 Å². The van der Waals surface area contributed by atoms with Gasteiger partial charge in [0, 0.05) is 17.4 Å². The monoisotopic (exact) mass is 425 g/mol. The van der Waals surface area contributed by atoms with Crippen molar-refractivity contribution < 1.29 is 9.59 Å². The molecule has 0 aliphatic heterocycles. The Morgan fingerprint density at radius 3 is 2.63 bits per heavy atom. The van der Waals surface area contributed by atoms with Crippen LogP contribution in [0.5, 0.6) is 0 Å². The number of pyridine rings is 1. The molecule has 0 spiro atoms. The lowest BCUT2D eigenvalue weighted by Crippen LogP contribution is -2.47. The molecular weight excluding hydrogens is 405 g/mol. The van der Waals surface area contributed by atoms with Crippen molar-refractivity contribution in [1.29, 1.82) is 0 Å². The quantitative estimate of drug-likeness (QED) is 0.666. The minimum absolute atomic E-state index is 0.223. The smallest absolute Gasteiger partial charge is 0.253 e. The van der Waals surface area contributed by atoms with E-state index in [1.54, 1.807) is 36.3 Å². The molecule has 2 aromatic rings. The number of hydrogen-bond acceptors (Lipinski definition) is 4.